The normalized spacial score (nSPS) is 10.0. The number of amides is 1. The topological polar surface area (TPSA) is 51.2 Å². The predicted octanol–water partition coefficient (Wildman–Crippen LogP) is 2.33. The van der Waals surface area contributed by atoms with Gasteiger partial charge in [0, 0.05) is 12.7 Å². The Bertz CT molecular complexity index is 568. The molecule has 0 spiro atoms. The smallest absolute Gasteiger partial charge is 0.270 e. The summed E-state index contributed by atoms with van der Waals surface area (Å²) in [6, 6.07) is 11.1. The summed E-state index contributed by atoms with van der Waals surface area (Å²) in [5, 5.41) is 2.84. The highest BCUT2D eigenvalue weighted by molar-refractivity contribution is 5.92. The molecule has 1 amide bonds. The molecule has 98 valence electrons. The van der Waals surface area contributed by atoms with Crippen molar-refractivity contribution in [1.82, 2.24) is 10.3 Å². The van der Waals surface area contributed by atoms with Gasteiger partial charge in [0.1, 0.15) is 11.4 Å². The molecule has 0 atom stereocenters. The summed E-state index contributed by atoms with van der Waals surface area (Å²) in [5.41, 5.74) is 2.50. The van der Waals surface area contributed by atoms with E-state index < -0.39 is 0 Å². The third kappa shape index (κ3) is 3.31. The van der Waals surface area contributed by atoms with Crippen molar-refractivity contribution in [3.05, 3.63) is 59.4 Å². The lowest BCUT2D eigenvalue weighted by molar-refractivity contribution is 0.0946. The van der Waals surface area contributed by atoms with E-state index in [0.717, 1.165) is 16.9 Å². The Balaban J connectivity index is 1.99. The number of hydrogen-bond acceptors (Lipinski definition) is 3. The standard InChI is InChI=1S/C15H16N2O2/c1-11-9-12(6-7-14(11)19-2)10-17-15(18)13-5-3-4-8-16-13/h3-9H,10H2,1-2H3,(H,17,18). The number of ether oxygens (including phenoxy) is 1. The van der Waals surface area contributed by atoms with Gasteiger partial charge in [-0.2, -0.15) is 0 Å². The van der Waals surface area contributed by atoms with Gasteiger partial charge in [-0.25, -0.2) is 0 Å². The molecular formula is C15H16N2O2. The molecule has 0 fully saturated rings. The molecule has 0 radical (unpaired) electrons. The molecule has 1 N–H and O–H groups in total. The first-order valence-corrected chi connectivity index (χ1v) is 6.03. The van der Waals surface area contributed by atoms with Crippen molar-refractivity contribution in [3.63, 3.8) is 0 Å². The van der Waals surface area contributed by atoms with Gasteiger partial charge < -0.3 is 10.1 Å². The van der Waals surface area contributed by atoms with Crippen molar-refractivity contribution in [2.24, 2.45) is 0 Å². The van der Waals surface area contributed by atoms with E-state index in [1.807, 2.05) is 25.1 Å². The molecule has 0 saturated carbocycles. The quantitative estimate of drug-likeness (QED) is 0.913. The van der Waals surface area contributed by atoms with Gasteiger partial charge in [0.25, 0.3) is 5.91 Å². The minimum absolute atomic E-state index is 0.172. The largest absolute Gasteiger partial charge is 0.496 e. The van der Waals surface area contributed by atoms with Gasteiger partial charge in [-0.3, -0.25) is 9.78 Å². The lowest BCUT2D eigenvalue weighted by Gasteiger charge is -2.08. The monoisotopic (exact) mass is 256 g/mol. The van der Waals surface area contributed by atoms with Crippen molar-refractivity contribution in [3.8, 4) is 5.75 Å². The average Bonchev–Trinajstić information content (AvgIpc) is 2.46. The molecule has 2 aromatic rings. The molecule has 4 heteroatoms. The third-order valence-corrected chi connectivity index (χ3v) is 2.81. The maximum absolute atomic E-state index is 11.8. The summed E-state index contributed by atoms with van der Waals surface area (Å²) in [6.45, 7) is 2.45. The van der Waals surface area contributed by atoms with Crippen LogP contribution in [-0.2, 0) is 6.54 Å². The molecule has 0 bridgehead atoms. The molecule has 19 heavy (non-hydrogen) atoms. The van der Waals surface area contributed by atoms with Crippen LogP contribution in [0.3, 0.4) is 0 Å². The summed E-state index contributed by atoms with van der Waals surface area (Å²) in [7, 11) is 1.64. The third-order valence-electron chi connectivity index (χ3n) is 2.81. The molecule has 0 aliphatic carbocycles. The van der Waals surface area contributed by atoms with Crippen LogP contribution < -0.4 is 10.1 Å². The van der Waals surface area contributed by atoms with Crippen LogP contribution in [0.15, 0.2) is 42.6 Å². The Kier molecular flexibility index (Phi) is 4.13. The van der Waals surface area contributed by atoms with Gasteiger partial charge >= 0.3 is 0 Å². The Morgan fingerprint density at radius 2 is 2.16 bits per heavy atom. The second-order valence-electron chi connectivity index (χ2n) is 4.20. The van der Waals surface area contributed by atoms with E-state index in [1.165, 1.54) is 0 Å². The van der Waals surface area contributed by atoms with Crippen LogP contribution in [0.5, 0.6) is 5.75 Å². The van der Waals surface area contributed by atoms with E-state index in [4.69, 9.17) is 4.74 Å². The zero-order valence-corrected chi connectivity index (χ0v) is 11.0. The van der Waals surface area contributed by atoms with Crippen molar-refractivity contribution in [1.29, 1.82) is 0 Å². The first kappa shape index (κ1) is 13.1. The lowest BCUT2D eigenvalue weighted by atomic mass is 10.1. The number of rotatable bonds is 4. The Hall–Kier alpha value is -2.36. The van der Waals surface area contributed by atoms with Gasteiger partial charge in [0.2, 0.25) is 0 Å². The number of carbonyl (C=O) groups excluding carboxylic acids is 1. The van der Waals surface area contributed by atoms with E-state index in [9.17, 15) is 4.79 Å². The van der Waals surface area contributed by atoms with Crippen molar-refractivity contribution in [2.45, 2.75) is 13.5 Å². The summed E-state index contributed by atoms with van der Waals surface area (Å²) in [6.07, 6.45) is 1.60. The molecule has 1 aromatic heterocycles. The van der Waals surface area contributed by atoms with Crippen LogP contribution in [0, 0.1) is 6.92 Å². The van der Waals surface area contributed by atoms with E-state index in [2.05, 4.69) is 10.3 Å². The maximum atomic E-state index is 11.8. The van der Waals surface area contributed by atoms with E-state index in [0.29, 0.717) is 12.2 Å². The van der Waals surface area contributed by atoms with E-state index in [-0.39, 0.29) is 5.91 Å². The highest BCUT2D eigenvalue weighted by Crippen LogP contribution is 2.18. The zero-order chi connectivity index (χ0) is 13.7. The number of nitrogens with one attached hydrogen (secondary N) is 1. The fraction of sp³-hybridized carbons (Fsp3) is 0.200. The van der Waals surface area contributed by atoms with Crippen molar-refractivity contribution in [2.75, 3.05) is 7.11 Å². The fourth-order valence-electron chi connectivity index (χ4n) is 1.82. The molecule has 0 unspecified atom stereocenters. The second-order valence-corrected chi connectivity index (χ2v) is 4.20. The van der Waals surface area contributed by atoms with Crippen LogP contribution in [0.2, 0.25) is 0 Å². The number of aryl methyl sites for hydroxylation is 1. The van der Waals surface area contributed by atoms with Crippen LogP contribution >= 0.6 is 0 Å². The number of benzene rings is 1. The first-order chi connectivity index (χ1) is 9.20. The van der Waals surface area contributed by atoms with Crippen molar-refractivity contribution < 1.29 is 9.53 Å². The minimum Gasteiger partial charge on any atom is -0.496 e. The van der Waals surface area contributed by atoms with Gasteiger partial charge in [-0.15, -0.1) is 0 Å². The van der Waals surface area contributed by atoms with E-state index >= 15 is 0 Å². The van der Waals surface area contributed by atoms with E-state index in [1.54, 1.807) is 31.5 Å². The molecule has 4 nitrogen and oxygen atoms in total. The summed E-state index contributed by atoms with van der Waals surface area (Å²) in [5.74, 6) is 0.675. The fourth-order valence-corrected chi connectivity index (χ4v) is 1.82. The van der Waals surface area contributed by atoms with Crippen LogP contribution in [0.1, 0.15) is 21.6 Å². The lowest BCUT2D eigenvalue weighted by Crippen LogP contribution is -2.23. The number of methoxy groups -OCH3 is 1. The van der Waals surface area contributed by atoms with Crippen LogP contribution in [0.25, 0.3) is 0 Å². The SMILES string of the molecule is COc1ccc(CNC(=O)c2ccccn2)cc1C. The maximum Gasteiger partial charge on any atom is 0.270 e. The van der Waals surface area contributed by atoms with Gasteiger partial charge in [0.05, 0.1) is 7.11 Å². The molecule has 1 heterocycles. The summed E-state index contributed by atoms with van der Waals surface area (Å²) >= 11 is 0. The summed E-state index contributed by atoms with van der Waals surface area (Å²) in [4.78, 5) is 15.8. The number of nitrogens with zero attached hydrogens (tertiary/aromatic N) is 1. The highest BCUT2D eigenvalue weighted by atomic mass is 16.5. The van der Waals surface area contributed by atoms with Gasteiger partial charge in [0.15, 0.2) is 0 Å². The summed E-state index contributed by atoms with van der Waals surface area (Å²) < 4.78 is 5.20. The average molecular weight is 256 g/mol. The number of carbonyl (C=O) groups is 1. The first-order valence-electron chi connectivity index (χ1n) is 6.03. The molecule has 0 aliphatic rings. The Morgan fingerprint density at radius 1 is 1.32 bits per heavy atom. The van der Waals surface area contributed by atoms with Crippen molar-refractivity contribution >= 4 is 5.91 Å². The number of hydrogen-bond donors (Lipinski definition) is 1. The molecular weight excluding hydrogens is 240 g/mol. The zero-order valence-electron chi connectivity index (χ0n) is 11.0. The Morgan fingerprint density at radius 3 is 2.79 bits per heavy atom. The van der Waals surface area contributed by atoms with Crippen LogP contribution in [-0.4, -0.2) is 18.0 Å². The van der Waals surface area contributed by atoms with Gasteiger partial charge in [-0.05, 0) is 36.2 Å². The van der Waals surface area contributed by atoms with Crippen LogP contribution in [0.4, 0.5) is 0 Å². The predicted molar refractivity (Wildman–Crippen MR) is 73.1 cm³/mol. The number of aromatic nitrogens is 1. The molecule has 0 saturated heterocycles. The molecule has 2 rings (SSSR count). The minimum atomic E-state index is -0.172. The second kappa shape index (κ2) is 6.00. The molecule has 0 aliphatic heterocycles. The highest BCUT2D eigenvalue weighted by Gasteiger charge is 2.06. The Labute approximate surface area is 112 Å². The molecule has 1 aromatic carbocycles. The van der Waals surface area contributed by atoms with Gasteiger partial charge in [-0.1, -0.05) is 18.2 Å². The number of pyridine rings is 1.